The molecule has 0 radical (unpaired) electrons. The van der Waals surface area contributed by atoms with E-state index < -0.39 is 0 Å². The molecule has 1 aromatic heterocycles. The highest BCUT2D eigenvalue weighted by atomic mass is 32.1. The summed E-state index contributed by atoms with van der Waals surface area (Å²) in [6.45, 7) is 6.41. The van der Waals surface area contributed by atoms with E-state index in [4.69, 9.17) is 9.72 Å². The lowest BCUT2D eigenvalue weighted by Gasteiger charge is -2.36. The normalized spacial score (nSPS) is 26.8. The molecule has 2 atom stereocenters. The van der Waals surface area contributed by atoms with Crippen molar-refractivity contribution in [1.29, 1.82) is 0 Å². The van der Waals surface area contributed by atoms with Gasteiger partial charge in [0, 0.05) is 37.2 Å². The van der Waals surface area contributed by atoms with Crippen LogP contribution in [0.3, 0.4) is 0 Å². The third-order valence-electron chi connectivity index (χ3n) is 4.61. The van der Waals surface area contributed by atoms with Crippen molar-refractivity contribution in [3.05, 3.63) is 15.6 Å². The SMILES string of the molecule is COCCN1CCC[C@@H](N[C@@H]2CCCc3nc(C)sc32)C1. The van der Waals surface area contributed by atoms with Crippen LogP contribution in [0.25, 0.3) is 0 Å². The Morgan fingerprint density at radius 2 is 2.29 bits per heavy atom. The van der Waals surface area contributed by atoms with E-state index >= 15 is 0 Å². The molecule has 4 nitrogen and oxygen atoms in total. The van der Waals surface area contributed by atoms with Crippen molar-refractivity contribution in [3.63, 3.8) is 0 Å². The molecule has 1 fully saturated rings. The number of hydrogen-bond acceptors (Lipinski definition) is 5. The van der Waals surface area contributed by atoms with E-state index in [2.05, 4.69) is 17.1 Å². The molecule has 2 heterocycles. The van der Waals surface area contributed by atoms with Gasteiger partial charge >= 0.3 is 0 Å². The van der Waals surface area contributed by atoms with Crippen LogP contribution < -0.4 is 5.32 Å². The van der Waals surface area contributed by atoms with Gasteiger partial charge < -0.3 is 10.1 Å². The lowest BCUT2D eigenvalue weighted by Crippen LogP contribution is -2.47. The molecule has 118 valence electrons. The first-order valence-electron chi connectivity index (χ1n) is 8.20. The zero-order chi connectivity index (χ0) is 14.7. The van der Waals surface area contributed by atoms with E-state index in [-0.39, 0.29) is 0 Å². The second-order valence-corrected chi connectivity index (χ2v) is 7.52. The van der Waals surface area contributed by atoms with Crippen LogP contribution in [-0.4, -0.2) is 49.3 Å². The van der Waals surface area contributed by atoms with Gasteiger partial charge in [-0.2, -0.15) is 0 Å². The van der Waals surface area contributed by atoms with Crippen LogP contribution in [0.2, 0.25) is 0 Å². The van der Waals surface area contributed by atoms with E-state index in [9.17, 15) is 0 Å². The Labute approximate surface area is 131 Å². The van der Waals surface area contributed by atoms with Crippen LogP contribution in [-0.2, 0) is 11.2 Å². The molecular weight excluding hydrogens is 282 g/mol. The lowest BCUT2D eigenvalue weighted by atomic mass is 9.96. The third kappa shape index (κ3) is 3.83. The zero-order valence-corrected chi connectivity index (χ0v) is 14.0. The van der Waals surface area contributed by atoms with E-state index in [1.54, 1.807) is 7.11 Å². The molecule has 0 aromatic carbocycles. The molecule has 0 saturated carbocycles. The number of nitrogens with one attached hydrogen (secondary N) is 1. The molecule has 2 aliphatic rings. The number of thiazole rings is 1. The van der Waals surface area contributed by atoms with Crippen molar-refractivity contribution in [1.82, 2.24) is 15.2 Å². The summed E-state index contributed by atoms with van der Waals surface area (Å²) in [6.07, 6.45) is 6.30. The van der Waals surface area contributed by atoms with E-state index in [0.717, 1.165) is 19.7 Å². The van der Waals surface area contributed by atoms with Crippen molar-refractivity contribution in [2.24, 2.45) is 0 Å². The van der Waals surface area contributed by atoms with Crippen LogP contribution in [0.1, 0.15) is 47.3 Å². The quantitative estimate of drug-likeness (QED) is 0.907. The van der Waals surface area contributed by atoms with Crippen molar-refractivity contribution in [2.75, 3.05) is 33.4 Å². The molecule has 0 bridgehead atoms. The topological polar surface area (TPSA) is 37.4 Å². The average Bonchev–Trinajstić information content (AvgIpc) is 2.87. The first-order valence-corrected chi connectivity index (χ1v) is 9.01. The largest absolute Gasteiger partial charge is 0.383 e. The Morgan fingerprint density at radius 3 is 3.14 bits per heavy atom. The zero-order valence-electron chi connectivity index (χ0n) is 13.2. The molecule has 0 unspecified atom stereocenters. The first kappa shape index (κ1) is 15.4. The summed E-state index contributed by atoms with van der Waals surface area (Å²) in [5.41, 5.74) is 1.35. The number of aryl methyl sites for hydroxylation is 2. The highest BCUT2D eigenvalue weighted by molar-refractivity contribution is 7.11. The maximum atomic E-state index is 5.21. The summed E-state index contributed by atoms with van der Waals surface area (Å²) in [5, 5.41) is 5.14. The molecule has 1 aromatic rings. The summed E-state index contributed by atoms with van der Waals surface area (Å²) in [6, 6.07) is 1.15. The number of rotatable bonds is 5. The number of fused-ring (bicyclic) bond motifs is 1. The Kier molecular flexibility index (Phi) is 5.27. The highest BCUT2D eigenvalue weighted by Crippen LogP contribution is 2.34. The van der Waals surface area contributed by atoms with Gasteiger partial charge in [0.15, 0.2) is 0 Å². The predicted octanol–water partition coefficient (Wildman–Crippen LogP) is 2.53. The maximum absolute atomic E-state index is 5.21. The molecule has 3 rings (SSSR count). The van der Waals surface area contributed by atoms with Crippen LogP contribution in [0, 0.1) is 6.92 Å². The summed E-state index contributed by atoms with van der Waals surface area (Å²) >= 11 is 1.89. The fraction of sp³-hybridized carbons (Fsp3) is 0.812. The summed E-state index contributed by atoms with van der Waals surface area (Å²) in [5.74, 6) is 0. The van der Waals surface area contributed by atoms with E-state index in [0.29, 0.717) is 12.1 Å². The van der Waals surface area contributed by atoms with Gasteiger partial charge in [0.25, 0.3) is 0 Å². The molecular formula is C16H27N3OS. The second-order valence-electron chi connectivity index (χ2n) is 6.29. The molecule has 21 heavy (non-hydrogen) atoms. The molecule has 1 saturated heterocycles. The minimum atomic E-state index is 0.535. The molecule has 0 amide bonds. The van der Waals surface area contributed by atoms with Crippen LogP contribution in [0.4, 0.5) is 0 Å². The van der Waals surface area contributed by atoms with Crippen molar-refractivity contribution in [2.45, 2.75) is 51.1 Å². The molecule has 1 aliphatic carbocycles. The smallest absolute Gasteiger partial charge is 0.0900 e. The van der Waals surface area contributed by atoms with Crippen molar-refractivity contribution >= 4 is 11.3 Å². The number of methoxy groups -OCH3 is 1. The van der Waals surface area contributed by atoms with Crippen molar-refractivity contribution < 1.29 is 4.74 Å². The third-order valence-corrected chi connectivity index (χ3v) is 5.74. The van der Waals surface area contributed by atoms with Gasteiger partial charge in [0.2, 0.25) is 0 Å². The molecule has 1 N–H and O–H groups in total. The van der Waals surface area contributed by atoms with Gasteiger partial charge in [-0.1, -0.05) is 0 Å². The molecule has 5 heteroatoms. The number of hydrogen-bond donors (Lipinski definition) is 1. The lowest BCUT2D eigenvalue weighted by molar-refractivity contribution is 0.119. The number of piperidine rings is 1. The monoisotopic (exact) mass is 309 g/mol. The second kappa shape index (κ2) is 7.18. The minimum Gasteiger partial charge on any atom is -0.383 e. The van der Waals surface area contributed by atoms with Crippen LogP contribution in [0.15, 0.2) is 0 Å². The van der Waals surface area contributed by atoms with Crippen molar-refractivity contribution in [3.8, 4) is 0 Å². The number of ether oxygens (including phenoxy) is 1. The van der Waals surface area contributed by atoms with E-state index in [1.807, 2.05) is 11.3 Å². The average molecular weight is 309 g/mol. The maximum Gasteiger partial charge on any atom is 0.0900 e. The first-order chi connectivity index (χ1) is 10.3. The molecule has 1 aliphatic heterocycles. The minimum absolute atomic E-state index is 0.535. The van der Waals surface area contributed by atoms with E-state index in [1.165, 1.54) is 54.2 Å². The summed E-state index contributed by atoms with van der Waals surface area (Å²) < 4.78 is 5.21. The van der Waals surface area contributed by atoms with Gasteiger partial charge in [0.05, 0.1) is 17.3 Å². The Morgan fingerprint density at radius 1 is 1.38 bits per heavy atom. The van der Waals surface area contributed by atoms with Gasteiger partial charge in [-0.3, -0.25) is 4.90 Å². The van der Waals surface area contributed by atoms with Gasteiger partial charge in [-0.25, -0.2) is 4.98 Å². The Bertz CT molecular complexity index is 462. The standard InChI is InChI=1S/C16H27N3OS/c1-12-17-14-6-3-7-15(16(14)21-12)18-13-5-4-8-19(11-13)9-10-20-2/h13,15,18H,3-11H2,1-2H3/t13-,15-/m1/s1. The summed E-state index contributed by atoms with van der Waals surface area (Å²) in [7, 11) is 1.79. The fourth-order valence-corrected chi connectivity index (χ4v) is 4.67. The van der Waals surface area contributed by atoms with Crippen LogP contribution >= 0.6 is 11.3 Å². The number of likely N-dealkylation sites (tertiary alicyclic amines) is 1. The fourth-order valence-electron chi connectivity index (χ4n) is 3.60. The van der Waals surface area contributed by atoms with Gasteiger partial charge in [0.1, 0.15) is 0 Å². The van der Waals surface area contributed by atoms with Gasteiger partial charge in [-0.15, -0.1) is 11.3 Å². The predicted molar refractivity (Wildman–Crippen MR) is 87.0 cm³/mol. The van der Waals surface area contributed by atoms with Gasteiger partial charge in [-0.05, 0) is 45.6 Å². The number of aromatic nitrogens is 1. The Balaban J connectivity index is 1.59. The highest BCUT2D eigenvalue weighted by Gasteiger charge is 2.27. The van der Waals surface area contributed by atoms with Crippen LogP contribution in [0.5, 0.6) is 0 Å². The molecule has 0 spiro atoms. The number of nitrogens with zero attached hydrogens (tertiary/aromatic N) is 2. The summed E-state index contributed by atoms with van der Waals surface area (Å²) in [4.78, 5) is 8.74. The Hall–Kier alpha value is -0.490.